The first-order valence-corrected chi connectivity index (χ1v) is 16.6. The molecule has 2 bridgehead atoms. The SMILES string of the molecule is CC1(C)COC(=O)[C@@H]1OC(=O)C=Cc1ccccc1CN1O[C@@H]2[C@H]3OC4(Cc5ccccc5C4)O[C@H]3[C@H]3C[C@]2(C(=O)NCCO)[C@@H]1C(=O)O3. The molecule has 0 aromatic heterocycles. The van der Waals surface area contributed by atoms with E-state index in [4.69, 9.17) is 28.5 Å². The molecule has 1 spiro atoms. The van der Waals surface area contributed by atoms with Gasteiger partial charge in [0.2, 0.25) is 12.0 Å². The Balaban J connectivity index is 1.08. The quantitative estimate of drug-likeness (QED) is 0.236. The molecule has 2 aliphatic carbocycles. The van der Waals surface area contributed by atoms with E-state index in [1.54, 1.807) is 32.1 Å². The molecule has 4 saturated heterocycles. The van der Waals surface area contributed by atoms with Crippen LogP contribution in [0.1, 0.15) is 42.5 Å². The van der Waals surface area contributed by atoms with Gasteiger partial charge in [-0.05, 0) is 28.3 Å². The molecule has 8 rings (SSSR count). The lowest BCUT2D eigenvalue weighted by Gasteiger charge is -2.48. The van der Waals surface area contributed by atoms with Crippen molar-refractivity contribution >= 4 is 29.9 Å². The van der Waals surface area contributed by atoms with E-state index >= 15 is 0 Å². The maximum atomic E-state index is 14.1. The van der Waals surface area contributed by atoms with Gasteiger partial charge in [-0.2, -0.15) is 5.06 Å². The van der Waals surface area contributed by atoms with Crippen molar-refractivity contribution in [2.45, 2.75) is 82.0 Å². The van der Waals surface area contributed by atoms with Crippen LogP contribution in [0.25, 0.3) is 6.08 Å². The van der Waals surface area contributed by atoms with Crippen LogP contribution in [0.5, 0.6) is 0 Å². The molecule has 49 heavy (non-hydrogen) atoms. The Labute approximate surface area is 282 Å². The van der Waals surface area contributed by atoms with E-state index in [9.17, 15) is 24.3 Å². The molecule has 13 nitrogen and oxygen atoms in total. The highest BCUT2D eigenvalue weighted by molar-refractivity contribution is 5.94. The standard InChI is InChI=1S/C36H38N2O11/c1-34(2)19-44-32(42)30(34)46-25(40)12-11-20-7-3-6-10-23(20)18-38-28-31(41)45-24-17-36(28,33(43)37-13-14-39)29(49-38)27-26(24)47-35(48-27)15-21-8-4-5-9-22(21)16-35/h3-12,24,26-30,39H,13-19H2,1-2H3,(H,37,43)/t24-,26+,27+,28+,29-,30+,36+/m1/s1. The number of nitrogens with zero attached hydrogens (tertiary/aromatic N) is 1. The van der Waals surface area contributed by atoms with Crippen LogP contribution < -0.4 is 5.32 Å². The van der Waals surface area contributed by atoms with E-state index in [1.165, 1.54) is 11.1 Å². The van der Waals surface area contributed by atoms with Crippen LogP contribution in [-0.4, -0.2) is 96.1 Å². The lowest BCUT2D eigenvalue weighted by molar-refractivity contribution is -0.217. The monoisotopic (exact) mass is 674 g/mol. The molecule has 6 aliphatic rings. The summed E-state index contributed by atoms with van der Waals surface area (Å²) in [4.78, 5) is 59.5. The molecule has 2 aromatic rings. The van der Waals surface area contributed by atoms with E-state index < -0.39 is 77.0 Å². The number of fused-ring (bicyclic) bond motifs is 5. The van der Waals surface area contributed by atoms with Gasteiger partial charge in [0.15, 0.2) is 11.8 Å². The predicted octanol–water partition coefficient (Wildman–Crippen LogP) is 1.38. The van der Waals surface area contributed by atoms with Crippen LogP contribution in [0.4, 0.5) is 0 Å². The number of aliphatic hydroxyl groups is 1. The van der Waals surface area contributed by atoms with E-state index in [0.717, 1.165) is 11.1 Å². The van der Waals surface area contributed by atoms with Crippen molar-refractivity contribution in [2.24, 2.45) is 10.8 Å². The summed E-state index contributed by atoms with van der Waals surface area (Å²) in [5, 5.41) is 13.8. The fourth-order valence-electron chi connectivity index (χ4n) is 8.35. The Kier molecular flexibility index (Phi) is 7.68. The van der Waals surface area contributed by atoms with Gasteiger partial charge in [-0.3, -0.25) is 14.4 Å². The molecule has 7 atom stereocenters. The van der Waals surface area contributed by atoms with Crippen LogP contribution in [-0.2, 0) is 67.1 Å². The third kappa shape index (κ3) is 5.18. The molecular weight excluding hydrogens is 636 g/mol. The first kappa shape index (κ1) is 32.1. The summed E-state index contributed by atoms with van der Waals surface area (Å²) >= 11 is 0. The number of esters is 3. The molecular formula is C36H38N2O11. The molecule has 5 fully saturated rings. The molecule has 13 heteroatoms. The van der Waals surface area contributed by atoms with E-state index in [2.05, 4.69) is 5.32 Å². The average Bonchev–Trinajstić information content (AvgIpc) is 3.81. The van der Waals surface area contributed by atoms with Gasteiger partial charge >= 0.3 is 17.9 Å². The predicted molar refractivity (Wildman–Crippen MR) is 168 cm³/mol. The number of benzene rings is 2. The topological polar surface area (TPSA) is 159 Å². The minimum absolute atomic E-state index is 0.00390. The Bertz CT molecular complexity index is 1720. The van der Waals surface area contributed by atoms with Gasteiger partial charge < -0.3 is 34.1 Å². The average molecular weight is 675 g/mol. The van der Waals surface area contributed by atoms with Crippen LogP contribution in [0.3, 0.4) is 0 Å². The third-order valence-electron chi connectivity index (χ3n) is 10.6. The summed E-state index contributed by atoms with van der Waals surface area (Å²) in [6, 6.07) is 14.1. The second-order valence-electron chi connectivity index (χ2n) is 14.3. The maximum Gasteiger partial charge on any atom is 0.348 e. The first-order valence-electron chi connectivity index (χ1n) is 16.6. The van der Waals surface area contributed by atoms with Crippen molar-refractivity contribution in [3.63, 3.8) is 0 Å². The number of ether oxygens (including phenoxy) is 5. The number of carbonyl (C=O) groups is 4. The van der Waals surface area contributed by atoms with Gasteiger partial charge in [-0.1, -0.05) is 62.4 Å². The van der Waals surface area contributed by atoms with Crippen LogP contribution in [0, 0.1) is 10.8 Å². The number of hydroxylamine groups is 2. The molecule has 4 heterocycles. The van der Waals surface area contributed by atoms with Gasteiger partial charge in [0.05, 0.1) is 13.2 Å². The summed E-state index contributed by atoms with van der Waals surface area (Å²) in [5.41, 5.74) is 1.52. The highest BCUT2D eigenvalue weighted by atomic mass is 16.8. The smallest absolute Gasteiger partial charge is 0.348 e. The van der Waals surface area contributed by atoms with Crippen LogP contribution in [0.2, 0.25) is 0 Å². The number of carbonyl (C=O) groups excluding carboxylic acids is 4. The van der Waals surface area contributed by atoms with Crippen molar-refractivity contribution in [1.82, 2.24) is 10.4 Å². The van der Waals surface area contributed by atoms with Crippen molar-refractivity contribution in [3.8, 4) is 0 Å². The Hall–Kier alpha value is -4.14. The zero-order valence-electron chi connectivity index (χ0n) is 27.2. The van der Waals surface area contributed by atoms with Crippen molar-refractivity contribution in [3.05, 3.63) is 76.9 Å². The van der Waals surface area contributed by atoms with Gasteiger partial charge in [-0.25, -0.2) is 9.59 Å². The Morgan fingerprint density at radius 3 is 2.45 bits per heavy atom. The molecule has 4 aliphatic heterocycles. The van der Waals surface area contributed by atoms with E-state index in [-0.39, 0.29) is 32.7 Å². The van der Waals surface area contributed by atoms with Crippen molar-refractivity contribution in [2.75, 3.05) is 19.8 Å². The number of amides is 1. The summed E-state index contributed by atoms with van der Waals surface area (Å²) in [5.74, 6) is -3.31. The van der Waals surface area contributed by atoms with Crippen LogP contribution >= 0.6 is 0 Å². The number of nitrogens with one attached hydrogen (secondary N) is 1. The minimum Gasteiger partial charge on any atom is -0.462 e. The fourth-order valence-corrected chi connectivity index (χ4v) is 8.35. The minimum atomic E-state index is -1.38. The highest BCUT2D eigenvalue weighted by Gasteiger charge is 2.76. The Morgan fingerprint density at radius 1 is 1.02 bits per heavy atom. The van der Waals surface area contributed by atoms with Gasteiger partial charge in [-0.15, -0.1) is 0 Å². The molecule has 258 valence electrons. The summed E-state index contributed by atoms with van der Waals surface area (Å²) in [7, 11) is 0. The van der Waals surface area contributed by atoms with Crippen molar-refractivity contribution in [1.29, 1.82) is 0 Å². The number of rotatable bonds is 8. The van der Waals surface area contributed by atoms with E-state index in [0.29, 0.717) is 24.0 Å². The van der Waals surface area contributed by atoms with Crippen LogP contribution in [0.15, 0.2) is 54.6 Å². The number of cyclic esters (lactones) is 1. The third-order valence-corrected chi connectivity index (χ3v) is 10.6. The summed E-state index contributed by atoms with van der Waals surface area (Å²) in [6.07, 6.45) is -0.0112. The normalized spacial score (nSPS) is 33.3. The molecule has 0 unspecified atom stereocenters. The second-order valence-corrected chi connectivity index (χ2v) is 14.3. The molecule has 1 saturated carbocycles. The molecule has 0 radical (unpaired) electrons. The molecule has 2 aromatic carbocycles. The number of hydrogen-bond acceptors (Lipinski definition) is 12. The number of aliphatic hydroxyl groups excluding tert-OH is 1. The van der Waals surface area contributed by atoms with Crippen molar-refractivity contribution < 1.29 is 52.8 Å². The summed E-state index contributed by atoms with van der Waals surface area (Å²) < 4.78 is 29.9. The second kappa shape index (κ2) is 11.7. The zero-order valence-corrected chi connectivity index (χ0v) is 27.2. The largest absolute Gasteiger partial charge is 0.462 e. The van der Waals surface area contributed by atoms with Gasteiger partial charge in [0.25, 0.3) is 0 Å². The lowest BCUT2D eigenvalue weighted by atomic mass is 9.62. The maximum absolute atomic E-state index is 14.1. The van der Waals surface area contributed by atoms with Gasteiger partial charge in [0.1, 0.15) is 36.4 Å². The van der Waals surface area contributed by atoms with Gasteiger partial charge in [0, 0.05) is 37.3 Å². The fraction of sp³-hybridized carbons (Fsp3) is 0.500. The zero-order chi connectivity index (χ0) is 34.1. The highest BCUT2D eigenvalue weighted by Crippen LogP contribution is 2.58. The molecule has 1 amide bonds. The first-order chi connectivity index (χ1) is 23.5. The summed E-state index contributed by atoms with van der Waals surface area (Å²) in [6.45, 7) is 3.52. The van der Waals surface area contributed by atoms with E-state index in [1.807, 2.05) is 36.4 Å². The lowest BCUT2D eigenvalue weighted by Crippen LogP contribution is -2.69. The molecule has 2 N–H and O–H groups in total. The number of hydrogen-bond donors (Lipinski definition) is 2. The Morgan fingerprint density at radius 2 is 1.73 bits per heavy atom.